The maximum Gasteiger partial charge on any atom is 0.242 e. The van der Waals surface area contributed by atoms with Crippen molar-refractivity contribution in [3.8, 4) is 17.1 Å². The minimum absolute atomic E-state index is 0.000673. The molecule has 3 rings (SSSR count). The summed E-state index contributed by atoms with van der Waals surface area (Å²) < 4.78 is 10.7. The van der Waals surface area contributed by atoms with Crippen LogP contribution in [0.25, 0.3) is 11.3 Å². The van der Waals surface area contributed by atoms with Crippen molar-refractivity contribution in [2.24, 2.45) is 0 Å². The van der Waals surface area contributed by atoms with Gasteiger partial charge in [0.1, 0.15) is 11.0 Å². The molecule has 1 atom stereocenters. The molecule has 1 aliphatic rings. The Morgan fingerprint density at radius 2 is 2.32 bits per heavy atom. The molecule has 0 fully saturated rings. The lowest BCUT2D eigenvalue weighted by atomic mass is 10.1. The van der Waals surface area contributed by atoms with Gasteiger partial charge in [0.15, 0.2) is 12.2 Å². The summed E-state index contributed by atoms with van der Waals surface area (Å²) in [6, 6.07) is 3.75. The van der Waals surface area contributed by atoms with Gasteiger partial charge in [-0.2, -0.15) is 0 Å². The number of rotatable bonds is 3. The van der Waals surface area contributed by atoms with Gasteiger partial charge in [0.25, 0.3) is 0 Å². The Bertz CT molecular complexity index is 625. The predicted molar refractivity (Wildman–Crippen MR) is 73.4 cm³/mol. The predicted octanol–water partition coefficient (Wildman–Crippen LogP) is 2.71. The van der Waals surface area contributed by atoms with Crippen LogP contribution < -0.4 is 10.1 Å². The van der Waals surface area contributed by atoms with Crippen molar-refractivity contribution in [3.05, 3.63) is 30.3 Å². The number of hydrogen-bond acceptors (Lipinski definition) is 5. The topological polar surface area (TPSA) is 64.4 Å². The number of aromatic nitrogens is 1. The normalized spacial score (nSPS) is 17.2. The molecule has 0 saturated heterocycles. The van der Waals surface area contributed by atoms with E-state index in [2.05, 4.69) is 10.3 Å². The molecule has 1 unspecified atom stereocenters. The summed E-state index contributed by atoms with van der Waals surface area (Å²) in [5, 5.41) is 2.67. The van der Waals surface area contributed by atoms with Gasteiger partial charge in [-0.25, -0.2) is 4.98 Å². The van der Waals surface area contributed by atoms with Gasteiger partial charge < -0.3 is 14.5 Å². The van der Waals surface area contributed by atoms with E-state index in [1.165, 1.54) is 18.2 Å². The van der Waals surface area contributed by atoms with Crippen molar-refractivity contribution >= 4 is 23.4 Å². The smallest absolute Gasteiger partial charge is 0.242 e. The average Bonchev–Trinajstić information content (AvgIpc) is 3.03. The highest BCUT2D eigenvalue weighted by molar-refractivity contribution is 7.99. The number of oxazole rings is 1. The van der Waals surface area contributed by atoms with Gasteiger partial charge in [0.05, 0.1) is 18.9 Å². The van der Waals surface area contributed by atoms with Crippen LogP contribution in [0.2, 0.25) is 0 Å². The first kappa shape index (κ1) is 12.1. The van der Waals surface area contributed by atoms with E-state index in [1.807, 2.05) is 18.4 Å². The Balaban J connectivity index is 2.17. The van der Waals surface area contributed by atoms with Crippen LogP contribution in [0, 0.1) is 0 Å². The monoisotopic (exact) mass is 276 g/mol. The zero-order valence-electron chi connectivity index (χ0n) is 10.5. The third-order valence-electron chi connectivity index (χ3n) is 3.08. The fourth-order valence-electron chi connectivity index (χ4n) is 2.21. The summed E-state index contributed by atoms with van der Waals surface area (Å²) in [4.78, 5) is 15.8. The molecule has 5 nitrogen and oxygen atoms in total. The molecule has 1 aromatic heterocycles. The van der Waals surface area contributed by atoms with Crippen LogP contribution in [0.3, 0.4) is 0 Å². The van der Waals surface area contributed by atoms with Crippen molar-refractivity contribution < 1.29 is 13.9 Å². The summed E-state index contributed by atoms with van der Waals surface area (Å²) in [6.07, 6.45) is 4.91. The van der Waals surface area contributed by atoms with E-state index < -0.39 is 0 Å². The van der Waals surface area contributed by atoms with E-state index >= 15 is 0 Å². The standard InChI is InChI=1S/C13H12N2O3S/c1-17-10-4-9-7(12(19-2)13(16)15-9)3-8(10)11-5-14-6-18-11/h3-6,12H,1-2H3,(H,15,16). The number of fused-ring (bicyclic) bond motifs is 1. The first-order chi connectivity index (χ1) is 9.24. The van der Waals surface area contributed by atoms with Crippen LogP contribution in [0.15, 0.2) is 29.1 Å². The molecule has 2 aromatic rings. The molecule has 19 heavy (non-hydrogen) atoms. The lowest BCUT2D eigenvalue weighted by Crippen LogP contribution is -2.08. The minimum atomic E-state index is -0.192. The molecule has 1 amide bonds. The molecule has 2 heterocycles. The highest BCUT2D eigenvalue weighted by Crippen LogP contribution is 2.44. The molecule has 6 heteroatoms. The lowest BCUT2D eigenvalue weighted by Gasteiger charge is -2.10. The summed E-state index contributed by atoms with van der Waals surface area (Å²) in [5.41, 5.74) is 2.54. The second kappa shape index (κ2) is 4.62. The quantitative estimate of drug-likeness (QED) is 0.933. The third kappa shape index (κ3) is 1.88. The minimum Gasteiger partial charge on any atom is -0.496 e. The molecule has 98 valence electrons. The Hall–Kier alpha value is -1.95. The van der Waals surface area contributed by atoms with Crippen molar-refractivity contribution in [3.63, 3.8) is 0 Å². The number of nitrogens with zero attached hydrogens (tertiary/aromatic N) is 1. The second-order valence-corrected chi connectivity index (χ2v) is 5.05. The number of carbonyl (C=O) groups is 1. The number of anilines is 1. The van der Waals surface area contributed by atoms with Crippen molar-refractivity contribution in [2.45, 2.75) is 5.25 Å². The fraction of sp³-hybridized carbons (Fsp3) is 0.231. The number of thioether (sulfide) groups is 1. The maximum absolute atomic E-state index is 11.9. The van der Waals surface area contributed by atoms with Crippen molar-refractivity contribution in [1.29, 1.82) is 0 Å². The molecule has 0 radical (unpaired) electrons. The summed E-state index contributed by atoms with van der Waals surface area (Å²) >= 11 is 1.50. The molecule has 0 spiro atoms. The van der Waals surface area contributed by atoms with E-state index in [1.54, 1.807) is 13.3 Å². The molecule has 0 aliphatic carbocycles. The van der Waals surface area contributed by atoms with E-state index in [0.29, 0.717) is 11.5 Å². The Kier molecular flexibility index (Phi) is 2.94. The molecule has 0 saturated carbocycles. The Morgan fingerprint density at radius 3 is 2.95 bits per heavy atom. The number of amides is 1. The van der Waals surface area contributed by atoms with Gasteiger partial charge in [0.2, 0.25) is 5.91 Å². The van der Waals surface area contributed by atoms with Crippen LogP contribution in [-0.4, -0.2) is 24.3 Å². The van der Waals surface area contributed by atoms with E-state index in [4.69, 9.17) is 9.15 Å². The van der Waals surface area contributed by atoms with Crippen molar-refractivity contribution in [2.75, 3.05) is 18.7 Å². The van der Waals surface area contributed by atoms with Crippen LogP contribution in [-0.2, 0) is 4.79 Å². The zero-order chi connectivity index (χ0) is 13.4. The van der Waals surface area contributed by atoms with Crippen LogP contribution in [0.1, 0.15) is 10.8 Å². The molecular weight excluding hydrogens is 264 g/mol. The Labute approximate surface area is 114 Å². The Morgan fingerprint density at radius 1 is 1.47 bits per heavy atom. The summed E-state index contributed by atoms with van der Waals surface area (Å²) in [5.74, 6) is 1.27. The number of benzene rings is 1. The summed E-state index contributed by atoms with van der Waals surface area (Å²) in [7, 11) is 1.59. The molecule has 1 N–H and O–H groups in total. The van der Waals surface area contributed by atoms with E-state index in [0.717, 1.165) is 16.8 Å². The van der Waals surface area contributed by atoms with Gasteiger partial charge in [-0.3, -0.25) is 4.79 Å². The summed E-state index contributed by atoms with van der Waals surface area (Å²) in [6.45, 7) is 0. The van der Waals surface area contributed by atoms with E-state index in [9.17, 15) is 4.79 Å². The van der Waals surface area contributed by atoms with Crippen LogP contribution >= 0.6 is 11.8 Å². The van der Waals surface area contributed by atoms with Crippen LogP contribution in [0.5, 0.6) is 5.75 Å². The highest BCUT2D eigenvalue weighted by Gasteiger charge is 2.31. The number of hydrogen-bond donors (Lipinski definition) is 1. The van der Waals surface area contributed by atoms with Crippen LogP contribution in [0.4, 0.5) is 5.69 Å². The maximum atomic E-state index is 11.9. The lowest BCUT2D eigenvalue weighted by molar-refractivity contribution is -0.115. The second-order valence-electron chi connectivity index (χ2n) is 4.11. The fourth-order valence-corrected chi connectivity index (χ4v) is 2.93. The number of methoxy groups -OCH3 is 1. The number of nitrogens with one attached hydrogen (secondary N) is 1. The first-order valence-corrected chi connectivity index (χ1v) is 6.98. The third-order valence-corrected chi connectivity index (χ3v) is 4.02. The zero-order valence-corrected chi connectivity index (χ0v) is 11.3. The van der Waals surface area contributed by atoms with Crippen molar-refractivity contribution in [1.82, 2.24) is 4.98 Å². The van der Waals surface area contributed by atoms with Gasteiger partial charge in [-0.15, -0.1) is 11.8 Å². The molecular formula is C13H12N2O3S. The first-order valence-electron chi connectivity index (χ1n) is 5.69. The van der Waals surface area contributed by atoms with Gasteiger partial charge >= 0.3 is 0 Å². The number of ether oxygens (including phenoxy) is 1. The largest absolute Gasteiger partial charge is 0.496 e. The molecule has 1 aromatic carbocycles. The highest BCUT2D eigenvalue weighted by atomic mass is 32.2. The van der Waals surface area contributed by atoms with Gasteiger partial charge in [-0.05, 0) is 17.9 Å². The molecule has 0 bridgehead atoms. The van der Waals surface area contributed by atoms with E-state index in [-0.39, 0.29) is 11.2 Å². The van der Waals surface area contributed by atoms with Gasteiger partial charge in [0, 0.05) is 11.8 Å². The average molecular weight is 276 g/mol. The molecule has 1 aliphatic heterocycles. The SMILES string of the molecule is COc1cc2c(cc1-c1cnco1)C(SC)C(=O)N2. The van der Waals surface area contributed by atoms with Gasteiger partial charge in [-0.1, -0.05) is 0 Å². The number of carbonyl (C=O) groups excluding carboxylic acids is 1.